The van der Waals surface area contributed by atoms with E-state index in [2.05, 4.69) is 32.6 Å². The zero-order valence-corrected chi connectivity index (χ0v) is 29.3. The molecule has 1 spiro atoms. The number of piperidine rings is 1. The maximum absolute atomic E-state index is 14.9. The first kappa shape index (κ1) is 33.6. The second kappa shape index (κ2) is 10.5. The van der Waals surface area contributed by atoms with Crippen LogP contribution in [0.25, 0.3) is 0 Å². The third-order valence-corrected chi connectivity index (χ3v) is 15.0. The van der Waals surface area contributed by atoms with Crippen LogP contribution in [0.2, 0.25) is 0 Å². The Labute approximate surface area is 286 Å². The Morgan fingerprint density at radius 1 is 1.00 bits per heavy atom. The Morgan fingerprint density at radius 3 is 2.39 bits per heavy atom. The van der Waals surface area contributed by atoms with Crippen molar-refractivity contribution in [2.45, 2.75) is 115 Å². The SMILES string of the molecule is CO[C@](C(=O)O[C@H]1C=C(C)C[C@@H]2[C@@H]1CC(=O)[C@H]1[C@@]2(C)C[C@H]2N3C[C@H]4C[C@H](C)C[C@@]3(O4)[C@@H]3C[C@@]2(C)[C@@]1(C)CC3=O)(c1ccccc1)C(F)(F)F. The molecule has 266 valence electrons. The fraction of sp³-hybridized carbons (Fsp3) is 0.718. The van der Waals surface area contributed by atoms with Gasteiger partial charge in [-0.3, -0.25) is 14.5 Å². The molecule has 0 N–H and O–H groups in total. The number of Topliss-reactive ketones (excluding diaryl/α,β-unsaturated/α-hetero) is 2. The molecule has 0 aromatic heterocycles. The fourth-order valence-corrected chi connectivity index (χ4v) is 13.0. The molecule has 49 heavy (non-hydrogen) atoms. The Bertz CT molecular complexity index is 1630. The second-order valence-electron chi connectivity index (χ2n) is 17.5. The first-order valence-electron chi connectivity index (χ1n) is 18.0. The fourth-order valence-electron chi connectivity index (χ4n) is 13.0. The molecule has 0 unspecified atom stereocenters. The van der Waals surface area contributed by atoms with E-state index in [9.17, 15) is 27.6 Å². The van der Waals surface area contributed by atoms with Crippen LogP contribution in [0.5, 0.6) is 0 Å². The van der Waals surface area contributed by atoms with Crippen LogP contribution in [0.15, 0.2) is 42.0 Å². The molecule has 7 aliphatic rings. The topological polar surface area (TPSA) is 82.1 Å². The standard InChI is InChI=1S/C39H48F3NO6/c1-21-13-26-25(30(14-21)48-33(46)38(47-6,39(40,41)42)23-10-8-7-9-11-23)15-28(44)32-34(26,3)19-31-35(4)17-27(29(45)18-36(32,35)5)37-16-22(2)12-24(49-37)20-43(31)37/h7-11,14,22,24-27,30-32H,12-13,15-20H2,1-6H3/t22-,24+,25-,26+,27+,30-,31+,32-,34-,35+,36-,37+,38-/m0/s1. The molecule has 0 amide bonds. The van der Waals surface area contributed by atoms with Crippen LogP contribution < -0.4 is 0 Å². The van der Waals surface area contributed by atoms with Gasteiger partial charge in [0.1, 0.15) is 23.4 Å². The van der Waals surface area contributed by atoms with Crippen molar-refractivity contribution in [1.29, 1.82) is 0 Å². The number of rotatable bonds is 4. The Kier molecular flexibility index (Phi) is 7.20. The van der Waals surface area contributed by atoms with E-state index < -0.39 is 52.2 Å². The van der Waals surface area contributed by atoms with E-state index in [1.54, 1.807) is 12.1 Å². The molecule has 8 rings (SSSR count). The van der Waals surface area contributed by atoms with Crippen molar-refractivity contribution in [3.63, 3.8) is 0 Å². The van der Waals surface area contributed by atoms with E-state index in [1.165, 1.54) is 24.3 Å². The summed E-state index contributed by atoms with van der Waals surface area (Å²) in [7, 11) is 0.868. The lowest BCUT2D eigenvalue weighted by atomic mass is 9.33. The van der Waals surface area contributed by atoms with Gasteiger partial charge in [0.15, 0.2) is 0 Å². The van der Waals surface area contributed by atoms with Crippen LogP contribution >= 0.6 is 0 Å². The number of carbonyl (C=O) groups is 3. The zero-order chi connectivity index (χ0) is 35.1. The summed E-state index contributed by atoms with van der Waals surface area (Å²) in [6, 6.07) is 6.91. The Hall–Kier alpha value is -2.56. The molecule has 13 atom stereocenters. The van der Waals surface area contributed by atoms with E-state index in [-0.39, 0.29) is 52.9 Å². The highest BCUT2D eigenvalue weighted by Gasteiger charge is 2.78. The molecule has 6 fully saturated rings. The number of ketones is 2. The number of nitrogens with zero attached hydrogens (tertiary/aromatic N) is 1. The summed E-state index contributed by atoms with van der Waals surface area (Å²) < 4.78 is 62.4. The average molecular weight is 684 g/mol. The molecule has 3 saturated heterocycles. The van der Waals surface area contributed by atoms with Gasteiger partial charge < -0.3 is 14.2 Å². The minimum Gasteiger partial charge on any atom is -0.455 e. The minimum atomic E-state index is -5.11. The van der Waals surface area contributed by atoms with E-state index >= 15 is 0 Å². The highest BCUT2D eigenvalue weighted by atomic mass is 19.4. The van der Waals surface area contributed by atoms with Gasteiger partial charge in [0.05, 0.1) is 12.0 Å². The number of hydrogen-bond donors (Lipinski definition) is 0. The van der Waals surface area contributed by atoms with Crippen LogP contribution in [0.4, 0.5) is 13.2 Å². The van der Waals surface area contributed by atoms with Crippen LogP contribution in [0.1, 0.15) is 85.1 Å². The molecule has 10 heteroatoms. The highest BCUT2D eigenvalue weighted by Crippen LogP contribution is 2.75. The van der Waals surface area contributed by atoms with Crippen molar-refractivity contribution in [3.8, 4) is 0 Å². The number of hydrogen-bond acceptors (Lipinski definition) is 7. The summed E-state index contributed by atoms with van der Waals surface area (Å²) in [5, 5.41) is 0. The zero-order valence-electron chi connectivity index (χ0n) is 29.3. The lowest BCUT2D eigenvalue weighted by molar-refractivity contribution is -0.293. The molecule has 3 saturated carbocycles. The number of ether oxygens (including phenoxy) is 3. The van der Waals surface area contributed by atoms with Crippen molar-refractivity contribution in [2.75, 3.05) is 13.7 Å². The van der Waals surface area contributed by atoms with Crippen molar-refractivity contribution < 1.29 is 41.8 Å². The van der Waals surface area contributed by atoms with Gasteiger partial charge in [0.2, 0.25) is 0 Å². The molecular formula is C39H48F3NO6. The third-order valence-electron chi connectivity index (χ3n) is 15.0. The monoisotopic (exact) mass is 683 g/mol. The van der Waals surface area contributed by atoms with Crippen LogP contribution in [0, 0.1) is 45.8 Å². The third kappa shape index (κ3) is 4.17. The van der Waals surface area contributed by atoms with Gasteiger partial charge >= 0.3 is 12.1 Å². The van der Waals surface area contributed by atoms with Gasteiger partial charge in [-0.25, -0.2) is 4.79 Å². The minimum absolute atomic E-state index is 0.0217. The van der Waals surface area contributed by atoms with Gasteiger partial charge in [-0.1, -0.05) is 63.6 Å². The summed E-state index contributed by atoms with van der Waals surface area (Å²) in [5.74, 6) is -2.16. The van der Waals surface area contributed by atoms with E-state index in [0.29, 0.717) is 31.6 Å². The molecular weight excluding hydrogens is 635 g/mol. The lowest BCUT2D eigenvalue weighted by Crippen LogP contribution is -2.78. The molecule has 4 aliphatic carbocycles. The van der Waals surface area contributed by atoms with Gasteiger partial charge in [-0.15, -0.1) is 0 Å². The highest BCUT2D eigenvalue weighted by molar-refractivity contribution is 5.89. The Balaban J connectivity index is 1.19. The summed E-state index contributed by atoms with van der Waals surface area (Å²) in [4.78, 5) is 45.4. The number of fused-ring (bicyclic) bond motifs is 7. The largest absolute Gasteiger partial charge is 0.455 e. The summed E-state index contributed by atoms with van der Waals surface area (Å²) in [6.07, 6.45) is -0.116. The number of alkyl halides is 3. The first-order valence-corrected chi connectivity index (χ1v) is 18.0. The lowest BCUT2D eigenvalue weighted by Gasteiger charge is -2.74. The smallest absolute Gasteiger partial charge is 0.432 e. The van der Waals surface area contributed by atoms with E-state index in [0.717, 1.165) is 32.1 Å². The molecule has 3 aliphatic heterocycles. The number of methoxy groups -OCH3 is 1. The predicted molar refractivity (Wildman–Crippen MR) is 173 cm³/mol. The maximum Gasteiger partial charge on any atom is 0.432 e. The summed E-state index contributed by atoms with van der Waals surface area (Å²) in [6.45, 7) is 11.6. The molecule has 1 aromatic rings. The van der Waals surface area contributed by atoms with Crippen molar-refractivity contribution in [2.24, 2.45) is 45.8 Å². The quantitative estimate of drug-likeness (QED) is 0.256. The summed E-state index contributed by atoms with van der Waals surface area (Å²) >= 11 is 0. The number of carbonyl (C=O) groups excluding carboxylic acids is 3. The molecule has 4 bridgehead atoms. The predicted octanol–water partition coefficient (Wildman–Crippen LogP) is 6.78. The molecule has 0 radical (unpaired) electrons. The van der Waals surface area contributed by atoms with Crippen LogP contribution in [-0.2, 0) is 34.2 Å². The molecule has 7 nitrogen and oxygen atoms in total. The van der Waals surface area contributed by atoms with Crippen molar-refractivity contribution in [3.05, 3.63) is 47.5 Å². The van der Waals surface area contributed by atoms with E-state index in [4.69, 9.17) is 14.2 Å². The summed E-state index contributed by atoms with van der Waals surface area (Å²) in [5.41, 5.74) is -4.88. The van der Waals surface area contributed by atoms with Crippen molar-refractivity contribution in [1.82, 2.24) is 4.90 Å². The van der Waals surface area contributed by atoms with Gasteiger partial charge in [-0.2, -0.15) is 13.2 Å². The van der Waals surface area contributed by atoms with Gasteiger partial charge in [-0.05, 0) is 73.2 Å². The van der Waals surface area contributed by atoms with Crippen LogP contribution in [0.3, 0.4) is 0 Å². The second-order valence-corrected chi connectivity index (χ2v) is 17.5. The number of benzene rings is 1. The number of allylic oxidation sites excluding steroid dienone is 1. The molecule has 1 aromatic carbocycles. The van der Waals surface area contributed by atoms with Gasteiger partial charge in [0.25, 0.3) is 5.60 Å². The normalized spacial score (nSPS) is 46.9. The Morgan fingerprint density at radius 2 is 1.71 bits per heavy atom. The van der Waals surface area contributed by atoms with Gasteiger partial charge in [0, 0.05) is 49.9 Å². The maximum atomic E-state index is 14.9. The first-order chi connectivity index (χ1) is 22.9. The van der Waals surface area contributed by atoms with E-state index in [1.807, 2.05) is 6.92 Å². The molecule has 3 heterocycles. The number of esters is 1. The number of halogens is 3. The van der Waals surface area contributed by atoms with Crippen molar-refractivity contribution >= 4 is 17.5 Å². The van der Waals surface area contributed by atoms with Crippen LogP contribution in [-0.4, -0.2) is 66.2 Å². The average Bonchev–Trinajstić information content (AvgIpc) is 3.29.